The number of carboxylic acid groups (broad SMARTS) is 1. The van der Waals surface area contributed by atoms with Crippen LogP contribution in [0.25, 0.3) is 11.3 Å². The highest BCUT2D eigenvalue weighted by Crippen LogP contribution is 2.23. The maximum Gasteiger partial charge on any atom is 0.356 e. The zero-order valence-electron chi connectivity index (χ0n) is 8.48. The lowest BCUT2D eigenvalue weighted by molar-refractivity contribution is 0.0692. The summed E-state index contributed by atoms with van der Waals surface area (Å²) in [5.74, 6) is -0.321. The van der Waals surface area contributed by atoms with Crippen molar-refractivity contribution in [1.82, 2.24) is 14.5 Å². The van der Waals surface area contributed by atoms with Crippen LogP contribution < -0.4 is 0 Å². The molecule has 78 valence electrons. The molecule has 0 aliphatic heterocycles. The predicted octanol–water partition coefficient (Wildman–Crippen LogP) is 1.42. The van der Waals surface area contributed by atoms with Crippen molar-refractivity contribution in [1.29, 1.82) is 0 Å². The molecule has 0 amide bonds. The Morgan fingerprint density at radius 2 is 2.33 bits per heavy atom. The summed E-state index contributed by atoms with van der Waals surface area (Å²) in [6.07, 6.45) is 3.51. The van der Waals surface area contributed by atoms with E-state index in [0.717, 1.165) is 5.56 Å². The average Bonchev–Trinajstić information content (AvgIpc) is 2.76. The van der Waals surface area contributed by atoms with Gasteiger partial charge in [0.1, 0.15) is 5.82 Å². The summed E-state index contributed by atoms with van der Waals surface area (Å²) < 4.78 is 1.77. The standard InChI is InChI=1S/C10H11N3O2/c1-6-12-8(10(14)15)9(13(6)2)7-3-4-11-5-7/h3-5,11H,1-2H3,(H,14,15). The van der Waals surface area contributed by atoms with E-state index in [1.807, 2.05) is 6.07 Å². The molecule has 0 saturated carbocycles. The first-order valence-electron chi connectivity index (χ1n) is 4.51. The average molecular weight is 205 g/mol. The van der Waals surface area contributed by atoms with Gasteiger partial charge < -0.3 is 14.7 Å². The number of hydrogen-bond donors (Lipinski definition) is 2. The van der Waals surface area contributed by atoms with Gasteiger partial charge in [0, 0.05) is 25.0 Å². The third kappa shape index (κ3) is 1.41. The summed E-state index contributed by atoms with van der Waals surface area (Å²) in [6, 6.07) is 1.82. The van der Waals surface area contributed by atoms with Gasteiger partial charge in [0.05, 0.1) is 5.69 Å². The summed E-state index contributed by atoms with van der Waals surface area (Å²) in [5.41, 5.74) is 1.55. The molecule has 2 aromatic heterocycles. The van der Waals surface area contributed by atoms with Gasteiger partial charge in [-0.3, -0.25) is 0 Å². The van der Waals surface area contributed by atoms with Crippen LogP contribution >= 0.6 is 0 Å². The van der Waals surface area contributed by atoms with Gasteiger partial charge in [-0.05, 0) is 13.0 Å². The van der Waals surface area contributed by atoms with E-state index in [1.165, 1.54) is 0 Å². The van der Waals surface area contributed by atoms with Crippen molar-refractivity contribution < 1.29 is 9.90 Å². The Labute approximate surface area is 86.4 Å². The number of hydrogen-bond acceptors (Lipinski definition) is 2. The highest BCUT2D eigenvalue weighted by Gasteiger charge is 2.19. The molecule has 2 heterocycles. The number of aryl methyl sites for hydroxylation is 1. The number of imidazole rings is 1. The number of nitrogens with zero attached hydrogens (tertiary/aromatic N) is 2. The lowest BCUT2D eigenvalue weighted by atomic mass is 10.2. The summed E-state index contributed by atoms with van der Waals surface area (Å²) >= 11 is 0. The van der Waals surface area contributed by atoms with Gasteiger partial charge in [-0.15, -0.1) is 0 Å². The number of H-pyrrole nitrogens is 1. The van der Waals surface area contributed by atoms with Gasteiger partial charge >= 0.3 is 5.97 Å². The molecule has 0 aliphatic carbocycles. The predicted molar refractivity (Wildman–Crippen MR) is 54.7 cm³/mol. The minimum atomic E-state index is -1.00. The van der Waals surface area contributed by atoms with Gasteiger partial charge in [0.15, 0.2) is 5.69 Å². The van der Waals surface area contributed by atoms with Crippen molar-refractivity contribution in [3.63, 3.8) is 0 Å². The molecule has 5 heteroatoms. The van der Waals surface area contributed by atoms with E-state index in [0.29, 0.717) is 11.5 Å². The lowest BCUT2D eigenvalue weighted by Crippen LogP contribution is -2.00. The minimum Gasteiger partial charge on any atom is -0.476 e. The fraction of sp³-hybridized carbons (Fsp3) is 0.200. The van der Waals surface area contributed by atoms with E-state index in [2.05, 4.69) is 9.97 Å². The molecule has 2 aromatic rings. The Kier molecular flexibility index (Phi) is 2.07. The molecule has 2 N–H and O–H groups in total. The normalized spacial score (nSPS) is 10.5. The summed E-state index contributed by atoms with van der Waals surface area (Å²) in [7, 11) is 1.80. The molecule has 0 fully saturated rings. The fourth-order valence-electron chi connectivity index (χ4n) is 1.56. The van der Waals surface area contributed by atoms with Crippen LogP contribution in [0, 0.1) is 6.92 Å². The lowest BCUT2D eigenvalue weighted by Gasteiger charge is -2.01. The quantitative estimate of drug-likeness (QED) is 0.778. The van der Waals surface area contributed by atoms with Crippen molar-refractivity contribution in [2.45, 2.75) is 6.92 Å². The number of carboxylic acids is 1. The molecule has 2 rings (SSSR count). The van der Waals surface area contributed by atoms with Crippen molar-refractivity contribution in [3.8, 4) is 11.3 Å². The van der Waals surface area contributed by atoms with Gasteiger partial charge in [0.25, 0.3) is 0 Å². The number of aromatic carboxylic acids is 1. The van der Waals surface area contributed by atoms with Crippen LogP contribution in [0.3, 0.4) is 0 Å². The summed E-state index contributed by atoms with van der Waals surface area (Å²) in [6.45, 7) is 1.78. The Morgan fingerprint density at radius 1 is 1.60 bits per heavy atom. The maximum atomic E-state index is 11.0. The van der Waals surface area contributed by atoms with Crippen LogP contribution in [0.15, 0.2) is 18.5 Å². The summed E-state index contributed by atoms with van der Waals surface area (Å²) in [5, 5.41) is 9.02. The number of aromatic amines is 1. The minimum absolute atomic E-state index is 0.0922. The van der Waals surface area contributed by atoms with Gasteiger partial charge in [-0.2, -0.15) is 0 Å². The second-order valence-electron chi connectivity index (χ2n) is 3.32. The molecule has 0 spiro atoms. The number of rotatable bonds is 2. The number of nitrogens with one attached hydrogen (secondary N) is 1. The highest BCUT2D eigenvalue weighted by atomic mass is 16.4. The van der Waals surface area contributed by atoms with Crippen LogP contribution in [-0.4, -0.2) is 25.6 Å². The molecule has 0 aliphatic rings. The molecule has 15 heavy (non-hydrogen) atoms. The van der Waals surface area contributed by atoms with Crippen molar-refractivity contribution >= 4 is 5.97 Å². The SMILES string of the molecule is Cc1nc(C(=O)O)c(-c2cc[nH]c2)n1C. The molecule has 5 nitrogen and oxygen atoms in total. The molecular weight excluding hydrogens is 194 g/mol. The van der Waals surface area contributed by atoms with Crippen LogP contribution in [-0.2, 0) is 7.05 Å². The topological polar surface area (TPSA) is 70.9 Å². The van der Waals surface area contributed by atoms with E-state index >= 15 is 0 Å². The molecule has 0 bridgehead atoms. The van der Waals surface area contributed by atoms with E-state index in [9.17, 15) is 4.79 Å². The third-order valence-electron chi connectivity index (χ3n) is 2.39. The Balaban J connectivity index is 2.68. The second-order valence-corrected chi connectivity index (χ2v) is 3.32. The van der Waals surface area contributed by atoms with E-state index < -0.39 is 5.97 Å². The fourth-order valence-corrected chi connectivity index (χ4v) is 1.56. The molecular formula is C10H11N3O2. The molecule has 0 radical (unpaired) electrons. The second kappa shape index (κ2) is 3.27. The van der Waals surface area contributed by atoms with Crippen molar-refractivity contribution in [2.75, 3.05) is 0 Å². The van der Waals surface area contributed by atoms with Crippen LogP contribution in [0.5, 0.6) is 0 Å². The van der Waals surface area contributed by atoms with Gasteiger partial charge in [0.2, 0.25) is 0 Å². The zero-order valence-corrected chi connectivity index (χ0v) is 8.48. The van der Waals surface area contributed by atoms with Crippen LogP contribution in [0.2, 0.25) is 0 Å². The highest BCUT2D eigenvalue weighted by molar-refractivity contribution is 5.93. The van der Waals surface area contributed by atoms with Crippen molar-refractivity contribution in [2.24, 2.45) is 7.05 Å². The number of carbonyl (C=O) groups is 1. The van der Waals surface area contributed by atoms with E-state index in [4.69, 9.17) is 5.11 Å². The Morgan fingerprint density at radius 3 is 2.87 bits per heavy atom. The molecule has 0 atom stereocenters. The van der Waals surface area contributed by atoms with Gasteiger partial charge in [-0.1, -0.05) is 0 Å². The molecule has 0 aromatic carbocycles. The summed E-state index contributed by atoms with van der Waals surface area (Å²) in [4.78, 5) is 17.9. The van der Waals surface area contributed by atoms with Crippen LogP contribution in [0.1, 0.15) is 16.3 Å². The first kappa shape index (κ1) is 9.51. The largest absolute Gasteiger partial charge is 0.476 e. The zero-order chi connectivity index (χ0) is 11.0. The maximum absolute atomic E-state index is 11.0. The first-order valence-corrected chi connectivity index (χ1v) is 4.51. The third-order valence-corrected chi connectivity index (χ3v) is 2.39. The monoisotopic (exact) mass is 205 g/mol. The molecule has 0 unspecified atom stereocenters. The van der Waals surface area contributed by atoms with Crippen LogP contribution in [0.4, 0.5) is 0 Å². The smallest absolute Gasteiger partial charge is 0.356 e. The molecule has 0 saturated heterocycles. The Bertz CT molecular complexity index is 497. The first-order chi connectivity index (χ1) is 7.11. The van der Waals surface area contributed by atoms with Gasteiger partial charge in [-0.25, -0.2) is 9.78 Å². The number of aromatic nitrogens is 3. The van der Waals surface area contributed by atoms with E-state index in [1.54, 1.807) is 30.9 Å². The van der Waals surface area contributed by atoms with E-state index in [-0.39, 0.29) is 5.69 Å². The van der Waals surface area contributed by atoms with Crippen molar-refractivity contribution in [3.05, 3.63) is 30.0 Å². The Hall–Kier alpha value is -2.04.